The molecule has 26 heavy (non-hydrogen) atoms. The van der Waals surface area contributed by atoms with Gasteiger partial charge in [0.15, 0.2) is 0 Å². The molecule has 0 rings (SSSR count). The van der Waals surface area contributed by atoms with E-state index in [1.807, 2.05) is 0 Å². The van der Waals surface area contributed by atoms with Crippen molar-refractivity contribution < 1.29 is 29.4 Å². The molecular formula is C16H30N4O6. The number of carbonyl (C=O) groups is 4. The van der Waals surface area contributed by atoms with Crippen LogP contribution in [-0.2, 0) is 19.2 Å². The lowest BCUT2D eigenvalue weighted by molar-refractivity contribution is -0.143. The minimum Gasteiger partial charge on any atom is -0.481 e. The van der Waals surface area contributed by atoms with Crippen LogP contribution in [0.3, 0.4) is 0 Å². The van der Waals surface area contributed by atoms with Gasteiger partial charge in [0, 0.05) is 6.42 Å². The number of carboxylic acid groups (broad SMARTS) is 2. The van der Waals surface area contributed by atoms with Crippen molar-refractivity contribution >= 4 is 23.8 Å². The third-order valence-electron chi connectivity index (χ3n) is 3.86. The Bertz CT molecular complexity index is 497. The Morgan fingerprint density at radius 1 is 0.923 bits per heavy atom. The quantitative estimate of drug-likeness (QED) is 0.222. The Morgan fingerprint density at radius 3 is 1.96 bits per heavy atom. The van der Waals surface area contributed by atoms with Crippen LogP contribution in [0.15, 0.2) is 0 Å². The molecule has 0 heterocycles. The first-order chi connectivity index (χ1) is 12.1. The predicted octanol–water partition coefficient (Wildman–Crippen LogP) is -0.982. The van der Waals surface area contributed by atoms with Crippen LogP contribution in [0.5, 0.6) is 0 Å². The third kappa shape index (κ3) is 9.33. The molecule has 150 valence electrons. The average molecular weight is 374 g/mol. The summed E-state index contributed by atoms with van der Waals surface area (Å²) in [5.41, 5.74) is 11.2. The van der Waals surface area contributed by atoms with Crippen LogP contribution in [0.1, 0.15) is 46.0 Å². The van der Waals surface area contributed by atoms with Crippen molar-refractivity contribution in [1.82, 2.24) is 10.6 Å². The van der Waals surface area contributed by atoms with Crippen molar-refractivity contribution in [3.8, 4) is 0 Å². The van der Waals surface area contributed by atoms with E-state index in [0.29, 0.717) is 19.4 Å². The van der Waals surface area contributed by atoms with Gasteiger partial charge in [0.25, 0.3) is 0 Å². The summed E-state index contributed by atoms with van der Waals surface area (Å²) >= 11 is 0. The molecule has 3 unspecified atom stereocenters. The molecule has 0 bridgehead atoms. The first kappa shape index (κ1) is 23.8. The number of amides is 2. The standard InChI is InChI=1S/C16H30N4O6/c1-9(2)13(18)15(24)19-10(5-3-4-8-17)14(23)20-11(16(25)26)6-7-12(21)22/h9-11,13H,3-8,17-18H2,1-2H3,(H,19,24)(H,20,23)(H,21,22)(H,25,26). The van der Waals surface area contributed by atoms with Gasteiger partial charge in [-0.3, -0.25) is 14.4 Å². The lowest BCUT2D eigenvalue weighted by Gasteiger charge is -2.23. The van der Waals surface area contributed by atoms with Crippen molar-refractivity contribution in [2.24, 2.45) is 17.4 Å². The first-order valence-corrected chi connectivity index (χ1v) is 8.61. The molecular weight excluding hydrogens is 344 g/mol. The number of hydrogen-bond donors (Lipinski definition) is 6. The Kier molecular flexibility index (Phi) is 11.2. The van der Waals surface area contributed by atoms with E-state index in [4.69, 9.17) is 21.7 Å². The van der Waals surface area contributed by atoms with Crippen LogP contribution in [0.2, 0.25) is 0 Å². The van der Waals surface area contributed by atoms with Crippen molar-refractivity contribution in [1.29, 1.82) is 0 Å². The van der Waals surface area contributed by atoms with E-state index in [1.165, 1.54) is 0 Å². The van der Waals surface area contributed by atoms with E-state index in [0.717, 1.165) is 0 Å². The molecule has 3 atom stereocenters. The second-order valence-corrected chi connectivity index (χ2v) is 6.45. The molecule has 0 aliphatic heterocycles. The van der Waals surface area contributed by atoms with Crippen molar-refractivity contribution in [2.75, 3.05) is 6.54 Å². The van der Waals surface area contributed by atoms with Gasteiger partial charge >= 0.3 is 11.9 Å². The molecule has 0 saturated heterocycles. The van der Waals surface area contributed by atoms with Crippen molar-refractivity contribution in [3.05, 3.63) is 0 Å². The molecule has 8 N–H and O–H groups in total. The molecule has 0 radical (unpaired) electrons. The Hall–Kier alpha value is -2.20. The number of aliphatic carboxylic acids is 2. The second-order valence-electron chi connectivity index (χ2n) is 6.45. The summed E-state index contributed by atoms with van der Waals surface area (Å²) < 4.78 is 0. The van der Waals surface area contributed by atoms with Gasteiger partial charge in [-0.05, 0) is 38.1 Å². The van der Waals surface area contributed by atoms with Crippen LogP contribution >= 0.6 is 0 Å². The van der Waals surface area contributed by atoms with Gasteiger partial charge in [0.1, 0.15) is 12.1 Å². The van der Waals surface area contributed by atoms with Gasteiger partial charge in [-0.15, -0.1) is 0 Å². The number of hydrogen-bond acceptors (Lipinski definition) is 6. The van der Waals surface area contributed by atoms with Crippen molar-refractivity contribution in [2.45, 2.75) is 64.1 Å². The van der Waals surface area contributed by atoms with Gasteiger partial charge in [0.2, 0.25) is 11.8 Å². The lowest BCUT2D eigenvalue weighted by Crippen LogP contribution is -2.55. The summed E-state index contributed by atoms with van der Waals surface area (Å²) in [6.45, 7) is 3.95. The first-order valence-electron chi connectivity index (χ1n) is 8.61. The highest BCUT2D eigenvalue weighted by Gasteiger charge is 2.28. The second kappa shape index (κ2) is 12.2. The zero-order valence-electron chi connectivity index (χ0n) is 15.2. The van der Waals surface area contributed by atoms with Crippen LogP contribution in [0.25, 0.3) is 0 Å². The lowest BCUT2D eigenvalue weighted by atomic mass is 10.0. The number of carbonyl (C=O) groups excluding carboxylic acids is 2. The zero-order valence-corrected chi connectivity index (χ0v) is 15.2. The highest BCUT2D eigenvalue weighted by molar-refractivity contribution is 5.91. The fraction of sp³-hybridized carbons (Fsp3) is 0.750. The van der Waals surface area contributed by atoms with Gasteiger partial charge < -0.3 is 32.3 Å². The summed E-state index contributed by atoms with van der Waals surface area (Å²) in [7, 11) is 0. The predicted molar refractivity (Wildman–Crippen MR) is 94.1 cm³/mol. The summed E-state index contributed by atoms with van der Waals surface area (Å²) in [4.78, 5) is 46.4. The van der Waals surface area contributed by atoms with Crippen LogP contribution in [0.4, 0.5) is 0 Å². The molecule has 0 fully saturated rings. The molecule has 0 aromatic heterocycles. The molecule has 0 spiro atoms. The van der Waals surface area contributed by atoms with E-state index in [-0.39, 0.29) is 18.8 Å². The third-order valence-corrected chi connectivity index (χ3v) is 3.86. The fourth-order valence-corrected chi connectivity index (χ4v) is 2.13. The molecule has 0 aliphatic carbocycles. The summed E-state index contributed by atoms with van der Waals surface area (Å²) in [6, 6.07) is -3.13. The number of nitrogens with one attached hydrogen (secondary N) is 2. The summed E-state index contributed by atoms with van der Waals surface area (Å²) in [5.74, 6) is -3.84. The summed E-state index contributed by atoms with van der Waals surface area (Å²) in [6.07, 6.45) is 0.797. The Morgan fingerprint density at radius 2 is 1.50 bits per heavy atom. The van der Waals surface area contributed by atoms with Gasteiger partial charge in [0.05, 0.1) is 6.04 Å². The number of carboxylic acids is 2. The molecule has 2 amide bonds. The highest BCUT2D eigenvalue weighted by Crippen LogP contribution is 2.06. The molecule has 0 aliphatic rings. The highest BCUT2D eigenvalue weighted by atomic mass is 16.4. The largest absolute Gasteiger partial charge is 0.481 e. The Balaban J connectivity index is 5.02. The van der Waals surface area contributed by atoms with E-state index < -0.39 is 48.3 Å². The molecule has 0 aromatic rings. The maximum atomic E-state index is 12.4. The zero-order chi connectivity index (χ0) is 20.3. The maximum absolute atomic E-state index is 12.4. The molecule has 0 saturated carbocycles. The normalized spacial score (nSPS) is 14.3. The summed E-state index contributed by atoms with van der Waals surface area (Å²) in [5, 5.41) is 22.6. The van der Waals surface area contributed by atoms with Crippen LogP contribution in [0, 0.1) is 5.92 Å². The van der Waals surface area contributed by atoms with Crippen LogP contribution < -0.4 is 22.1 Å². The van der Waals surface area contributed by atoms with Crippen molar-refractivity contribution in [3.63, 3.8) is 0 Å². The van der Waals surface area contributed by atoms with E-state index in [2.05, 4.69) is 10.6 Å². The minimum atomic E-state index is -1.36. The smallest absolute Gasteiger partial charge is 0.326 e. The number of unbranched alkanes of at least 4 members (excludes halogenated alkanes) is 1. The van der Waals surface area contributed by atoms with E-state index in [1.54, 1.807) is 13.8 Å². The Labute approximate surface area is 152 Å². The molecule has 10 nitrogen and oxygen atoms in total. The minimum absolute atomic E-state index is 0.134. The maximum Gasteiger partial charge on any atom is 0.326 e. The SMILES string of the molecule is CC(C)C(N)C(=O)NC(CCCCN)C(=O)NC(CCC(=O)O)C(=O)O. The van der Waals surface area contributed by atoms with Gasteiger partial charge in [-0.25, -0.2) is 4.79 Å². The van der Waals surface area contributed by atoms with Crippen LogP contribution in [-0.4, -0.2) is 58.6 Å². The van der Waals surface area contributed by atoms with E-state index in [9.17, 15) is 19.2 Å². The molecule has 0 aromatic carbocycles. The number of nitrogens with two attached hydrogens (primary N) is 2. The monoisotopic (exact) mass is 374 g/mol. The van der Waals surface area contributed by atoms with E-state index >= 15 is 0 Å². The fourth-order valence-electron chi connectivity index (χ4n) is 2.13. The molecule has 10 heteroatoms. The van der Waals surface area contributed by atoms with Gasteiger partial charge in [-0.2, -0.15) is 0 Å². The topological polar surface area (TPSA) is 185 Å². The average Bonchev–Trinajstić information content (AvgIpc) is 2.56. The van der Waals surface area contributed by atoms with Gasteiger partial charge in [-0.1, -0.05) is 13.8 Å². The number of rotatable bonds is 13.